The molecule has 0 atom stereocenters. The number of hydrogen-bond donors (Lipinski definition) is 0. The molecule has 0 radical (unpaired) electrons. The van der Waals surface area contributed by atoms with Crippen molar-refractivity contribution in [2.75, 3.05) is 19.2 Å². The number of carbonyl (C=O) groups excluding carboxylic acids is 1. The van der Waals surface area contributed by atoms with Gasteiger partial charge in [-0.15, -0.1) is 0 Å². The lowest BCUT2D eigenvalue weighted by molar-refractivity contribution is 0.0987. The number of anilines is 1. The monoisotopic (exact) mass is 560 g/mol. The van der Waals surface area contributed by atoms with E-state index in [4.69, 9.17) is 9.15 Å². The number of ether oxygens (including phenoxy) is 1. The third-order valence-electron chi connectivity index (χ3n) is 5.86. The lowest BCUT2D eigenvalue weighted by Gasteiger charge is -2.18. The summed E-state index contributed by atoms with van der Waals surface area (Å²) in [5.74, 6) is 0.646. The third-order valence-corrected chi connectivity index (χ3v) is 8.67. The number of sulfonamides is 1. The predicted molar refractivity (Wildman–Crippen MR) is 151 cm³/mol. The van der Waals surface area contributed by atoms with Gasteiger partial charge >= 0.3 is 0 Å². The van der Waals surface area contributed by atoms with Gasteiger partial charge < -0.3 is 9.15 Å². The highest BCUT2D eigenvalue weighted by molar-refractivity contribution is 7.89. The normalized spacial score (nSPS) is 11.9. The largest absolute Gasteiger partial charge is 0.497 e. The summed E-state index contributed by atoms with van der Waals surface area (Å²) in [4.78, 5) is 18.3. The van der Waals surface area contributed by atoms with E-state index in [0.29, 0.717) is 22.2 Å². The predicted octanol–water partition coefficient (Wildman–Crippen LogP) is 5.40. The van der Waals surface area contributed by atoms with E-state index in [0.717, 1.165) is 10.3 Å². The van der Waals surface area contributed by atoms with E-state index in [1.165, 1.54) is 64.4 Å². The van der Waals surface area contributed by atoms with Crippen LogP contribution >= 0.6 is 11.3 Å². The highest BCUT2D eigenvalue weighted by Crippen LogP contribution is 2.32. The highest BCUT2D eigenvalue weighted by atomic mass is 32.2. The second kappa shape index (κ2) is 11.2. The van der Waals surface area contributed by atoms with Crippen LogP contribution in [0.3, 0.4) is 0 Å². The van der Waals surface area contributed by atoms with Crippen LogP contribution in [0.2, 0.25) is 0 Å². The fraction of sp³-hybridized carbons (Fsp3) is 0.107. The Morgan fingerprint density at radius 3 is 2.51 bits per heavy atom. The highest BCUT2D eigenvalue weighted by Gasteiger charge is 2.24. The molecule has 0 N–H and O–H groups in total. The van der Waals surface area contributed by atoms with Gasteiger partial charge in [0.05, 0.1) is 34.7 Å². The number of hydrazone groups is 1. The molecule has 11 heteroatoms. The number of aromatic nitrogens is 1. The molecule has 198 valence electrons. The Balaban J connectivity index is 1.43. The summed E-state index contributed by atoms with van der Waals surface area (Å²) in [6, 6.07) is 24.0. The molecule has 3 aromatic carbocycles. The van der Waals surface area contributed by atoms with Crippen molar-refractivity contribution in [3.05, 3.63) is 108 Å². The molecule has 1 amide bonds. The minimum Gasteiger partial charge on any atom is -0.497 e. The Labute approximate surface area is 229 Å². The van der Waals surface area contributed by atoms with Crippen LogP contribution in [-0.4, -0.2) is 44.0 Å². The molecule has 0 fully saturated rings. The zero-order valence-corrected chi connectivity index (χ0v) is 22.7. The van der Waals surface area contributed by atoms with Gasteiger partial charge in [-0.1, -0.05) is 41.7 Å². The molecular formula is C28H24N4O5S2. The minimum atomic E-state index is -3.77. The average Bonchev–Trinajstić information content (AvgIpc) is 3.63. The number of amides is 1. The SMILES string of the molecule is COc1ccc2nc(N(/N=C/c3ccco3)C(=O)c3ccc(S(=O)(=O)N(C)Cc4ccccc4)cc3)sc2c1. The van der Waals surface area contributed by atoms with E-state index >= 15 is 0 Å². The van der Waals surface area contributed by atoms with Gasteiger partial charge in [0.1, 0.15) is 11.5 Å². The summed E-state index contributed by atoms with van der Waals surface area (Å²) in [5, 5.41) is 5.86. The molecule has 0 bridgehead atoms. The second-order valence-corrected chi connectivity index (χ2v) is 11.5. The minimum absolute atomic E-state index is 0.0789. The molecule has 39 heavy (non-hydrogen) atoms. The molecule has 0 spiro atoms. The summed E-state index contributed by atoms with van der Waals surface area (Å²) in [6.07, 6.45) is 2.92. The lowest BCUT2D eigenvalue weighted by atomic mass is 10.2. The smallest absolute Gasteiger partial charge is 0.280 e. The van der Waals surface area contributed by atoms with Crippen LogP contribution in [0.1, 0.15) is 21.7 Å². The van der Waals surface area contributed by atoms with Crippen molar-refractivity contribution < 1.29 is 22.4 Å². The number of benzene rings is 3. The van der Waals surface area contributed by atoms with Gasteiger partial charge in [0.15, 0.2) is 0 Å². The number of methoxy groups -OCH3 is 1. The molecule has 0 unspecified atom stereocenters. The Hall–Kier alpha value is -4.32. The van der Waals surface area contributed by atoms with Crippen molar-refractivity contribution in [1.29, 1.82) is 0 Å². The van der Waals surface area contributed by atoms with Crippen molar-refractivity contribution in [3.8, 4) is 5.75 Å². The van der Waals surface area contributed by atoms with Crippen molar-refractivity contribution in [2.45, 2.75) is 11.4 Å². The topological polar surface area (TPSA) is 105 Å². The zero-order chi connectivity index (χ0) is 27.4. The number of carbonyl (C=O) groups is 1. The molecule has 0 aliphatic rings. The summed E-state index contributed by atoms with van der Waals surface area (Å²) in [7, 11) is -0.670. The molecular weight excluding hydrogens is 536 g/mol. The summed E-state index contributed by atoms with van der Waals surface area (Å²) < 4.78 is 39.0. The van der Waals surface area contributed by atoms with Crippen LogP contribution < -0.4 is 9.75 Å². The zero-order valence-electron chi connectivity index (χ0n) is 21.1. The van der Waals surface area contributed by atoms with E-state index in [1.54, 1.807) is 31.4 Å². The molecule has 0 saturated carbocycles. The molecule has 5 aromatic rings. The Morgan fingerprint density at radius 1 is 1.05 bits per heavy atom. The van der Waals surface area contributed by atoms with E-state index in [1.807, 2.05) is 36.4 Å². The van der Waals surface area contributed by atoms with E-state index in [9.17, 15) is 13.2 Å². The molecule has 0 aliphatic heterocycles. The molecule has 9 nitrogen and oxygen atoms in total. The maximum atomic E-state index is 13.6. The first-order valence-electron chi connectivity index (χ1n) is 11.8. The standard InChI is InChI=1S/C28H24N4O5S2/c1-31(19-20-7-4-3-5-8-20)39(34,35)24-13-10-21(11-14-24)27(33)32(29-18-23-9-6-16-37-23)28-30-25-15-12-22(36-2)17-26(25)38-28/h3-18H,19H2,1-2H3/b29-18+. The van der Waals surface area contributed by atoms with Crippen molar-refractivity contribution >= 4 is 48.8 Å². The van der Waals surface area contributed by atoms with E-state index in [-0.39, 0.29) is 17.0 Å². The van der Waals surface area contributed by atoms with Crippen molar-refractivity contribution in [1.82, 2.24) is 9.29 Å². The summed E-state index contributed by atoms with van der Waals surface area (Å²) >= 11 is 1.27. The van der Waals surface area contributed by atoms with E-state index in [2.05, 4.69) is 10.1 Å². The number of hydrogen-bond acceptors (Lipinski definition) is 8. The Kier molecular flexibility index (Phi) is 7.55. The van der Waals surface area contributed by atoms with Gasteiger partial charge in [0, 0.05) is 19.2 Å². The van der Waals surface area contributed by atoms with Gasteiger partial charge in [0.2, 0.25) is 15.2 Å². The van der Waals surface area contributed by atoms with Gasteiger partial charge in [-0.05, 0) is 60.2 Å². The first-order chi connectivity index (χ1) is 18.8. The molecule has 2 aromatic heterocycles. The Bertz CT molecular complexity index is 1720. The fourth-order valence-electron chi connectivity index (χ4n) is 3.78. The van der Waals surface area contributed by atoms with Gasteiger partial charge in [-0.2, -0.15) is 14.4 Å². The Morgan fingerprint density at radius 2 is 1.82 bits per heavy atom. The fourth-order valence-corrected chi connectivity index (χ4v) is 5.89. The first-order valence-corrected chi connectivity index (χ1v) is 14.1. The van der Waals surface area contributed by atoms with Crippen LogP contribution in [0.5, 0.6) is 5.75 Å². The number of fused-ring (bicyclic) bond motifs is 1. The maximum Gasteiger partial charge on any atom is 0.280 e. The van der Waals surface area contributed by atoms with Crippen molar-refractivity contribution in [2.24, 2.45) is 5.10 Å². The van der Waals surface area contributed by atoms with Crippen LogP contribution in [0.15, 0.2) is 106 Å². The lowest BCUT2D eigenvalue weighted by Crippen LogP contribution is -2.27. The number of thiazole rings is 1. The maximum absolute atomic E-state index is 13.6. The van der Waals surface area contributed by atoms with Crippen molar-refractivity contribution in [3.63, 3.8) is 0 Å². The van der Waals surface area contributed by atoms with Crippen LogP contribution in [0.4, 0.5) is 5.13 Å². The number of rotatable bonds is 9. The first kappa shape index (κ1) is 26.3. The number of nitrogens with zero attached hydrogens (tertiary/aromatic N) is 4. The second-order valence-electron chi connectivity index (χ2n) is 8.48. The quantitative estimate of drug-likeness (QED) is 0.177. The van der Waals surface area contributed by atoms with Crippen LogP contribution in [0, 0.1) is 0 Å². The number of furan rings is 1. The summed E-state index contributed by atoms with van der Waals surface area (Å²) in [6.45, 7) is 0.224. The van der Waals surface area contributed by atoms with Gasteiger partial charge in [0.25, 0.3) is 5.91 Å². The molecule has 2 heterocycles. The molecule has 0 aliphatic carbocycles. The van der Waals surface area contributed by atoms with Crippen LogP contribution in [-0.2, 0) is 16.6 Å². The average molecular weight is 561 g/mol. The van der Waals surface area contributed by atoms with E-state index < -0.39 is 15.9 Å². The van der Waals surface area contributed by atoms with Gasteiger partial charge in [-0.3, -0.25) is 4.79 Å². The summed E-state index contributed by atoms with van der Waals surface area (Å²) in [5.41, 5.74) is 1.80. The molecule has 0 saturated heterocycles. The van der Waals surface area contributed by atoms with Gasteiger partial charge in [-0.25, -0.2) is 13.4 Å². The third kappa shape index (κ3) is 5.75. The van der Waals surface area contributed by atoms with Crippen LogP contribution in [0.25, 0.3) is 10.2 Å². The molecule has 5 rings (SSSR count).